The van der Waals surface area contributed by atoms with E-state index in [0.717, 1.165) is 38.9 Å². The highest BCUT2D eigenvalue weighted by Gasteiger charge is 2.24. The molecule has 118 valence electrons. The highest BCUT2D eigenvalue weighted by Crippen LogP contribution is 2.14. The number of hydrogen-bond acceptors (Lipinski definition) is 7. The standard InChI is InChI=1S/C12H22N6O2S/c1-2-5-18-6-3-10(4-7-18)17-21(19,20)11-8-14-12(16-13)15-9-11/h8-10,17H,2-7,13H2,1H3,(H,14,15,16). The van der Waals surface area contributed by atoms with E-state index in [1.54, 1.807) is 0 Å². The van der Waals surface area contributed by atoms with E-state index >= 15 is 0 Å². The van der Waals surface area contributed by atoms with Crippen molar-refractivity contribution in [1.82, 2.24) is 19.6 Å². The van der Waals surface area contributed by atoms with Crippen LogP contribution in [0.25, 0.3) is 0 Å². The van der Waals surface area contributed by atoms with Gasteiger partial charge in [-0.2, -0.15) is 0 Å². The average Bonchev–Trinajstić information content (AvgIpc) is 2.49. The van der Waals surface area contributed by atoms with Crippen LogP contribution in [0.15, 0.2) is 17.3 Å². The second kappa shape index (κ2) is 7.12. The predicted octanol–water partition coefficient (Wildman–Crippen LogP) is -0.0851. The van der Waals surface area contributed by atoms with E-state index in [1.165, 1.54) is 12.4 Å². The number of sulfonamides is 1. The van der Waals surface area contributed by atoms with Crippen LogP contribution in [0.1, 0.15) is 26.2 Å². The zero-order chi connectivity index (χ0) is 15.3. The molecule has 0 bridgehead atoms. The number of aromatic nitrogens is 2. The van der Waals surface area contributed by atoms with E-state index in [-0.39, 0.29) is 16.9 Å². The van der Waals surface area contributed by atoms with Crippen molar-refractivity contribution in [3.63, 3.8) is 0 Å². The van der Waals surface area contributed by atoms with E-state index in [9.17, 15) is 8.42 Å². The maximum atomic E-state index is 12.3. The molecule has 0 atom stereocenters. The van der Waals surface area contributed by atoms with Crippen LogP contribution >= 0.6 is 0 Å². The molecule has 1 aromatic heterocycles. The van der Waals surface area contributed by atoms with Crippen LogP contribution in [0.4, 0.5) is 5.95 Å². The van der Waals surface area contributed by atoms with E-state index < -0.39 is 10.0 Å². The van der Waals surface area contributed by atoms with E-state index in [0.29, 0.717) is 0 Å². The van der Waals surface area contributed by atoms with Gasteiger partial charge in [0.15, 0.2) is 0 Å². The first kappa shape index (κ1) is 16.1. The zero-order valence-electron chi connectivity index (χ0n) is 12.1. The van der Waals surface area contributed by atoms with Gasteiger partial charge in [0.25, 0.3) is 0 Å². The van der Waals surface area contributed by atoms with Crippen molar-refractivity contribution in [3.05, 3.63) is 12.4 Å². The molecule has 0 radical (unpaired) electrons. The Balaban J connectivity index is 1.95. The molecule has 0 spiro atoms. The van der Waals surface area contributed by atoms with Gasteiger partial charge in [0, 0.05) is 6.04 Å². The number of nitrogens with two attached hydrogens (primary N) is 1. The summed E-state index contributed by atoms with van der Waals surface area (Å²) in [6, 6.07) is -0.0320. The average molecular weight is 314 g/mol. The molecule has 0 saturated carbocycles. The van der Waals surface area contributed by atoms with Crippen LogP contribution in [0.3, 0.4) is 0 Å². The minimum atomic E-state index is -3.58. The molecule has 1 aliphatic rings. The molecule has 1 aromatic rings. The van der Waals surface area contributed by atoms with E-state index in [4.69, 9.17) is 5.84 Å². The van der Waals surface area contributed by atoms with Crippen LogP contribution in [-0.2, 0) is 10.0 Å². The summed E-state index contributed by atoms with van der Waals surface area (Å²) in [5, 5.41) is 0. The second-order valence-corrected chi connectivity index (χ2v) is 6.84. The SMILES string of the molecule is CCCN1CCC(NS(=O)(=O)c2cnc(NN)nc2)CC1. The number of hydrogen-bond donors (Lipinski definition) is 3. The highest BCUT2D eigenvalue weighted by atomic mass is 32.2. The molecule has 9 heteroatoms. The summed E-state index contributed by atoms with van der Waals surface area (Å²) in [5.74, 6) is 5.33. The van der Waals surface area contributed by atoms with E-state index in [2.05, 4.69) is 31.9 Å². The van der Waals surface area contributed by atoms with Gasteiger partial charge in [-0.25, -0.2) is 29.0 Å². The number of anilines is 1. The first-order valence-corrected chi connectivity index (χ1v) is 8.57. The molecule has 0 amide bonds. The van der Waals surface area contributed by atoms with Gasteiger partial charge in [-0.1, -0.05) is 6.92 Å². The molecule has 0 aromatic carbocycles. The summed E-state index contributed by atoms with van der Waals surface area (Å²) in [7, 11) is -3.58. The Labute approximate surface area is 125 Å². The molecule has 2 heterocycles. The number of nitrogen functional groups attached to an aromatic ring is 1. The largest absolute Gasteiger partial charge is 0.303 e. The maximum absolute atomic E-state index is 12.3. The van der Waals surface area contributed by atoms with Crippen molar-refractivity contribution in [3.8, 4) is 0 Å². The van der Waals surface area contributed by atoms with Crippen molar-refractivity contribution in [2.45, 2.75) is 37.1 Å². The van der Waals surface area contributed by atoms with Crippen LogP contribution in [0.2, 0.25) is 0 Å². The lowest BCUT2D eigenvalue weighted by molar-refractivity contribution is 0.208. The fraction of sp³-hybridized carbons (Fsp3) is 0.667. The molecule has 1 fully saturated rings. The maximum Gasteiger partial charge on any atom is 0.243 e. The van der Waals surface area contributed by atoms with Gasteiger partial charge in [0.2, 0.25) is 16.0 Å². The molecule has 1 aliphatic heterocycles. The Kier molecular flexibility index (Phi) is 5.45. The molecule has 1 saturated heterocycles. The lowest BCUT2D eigenvalue weighted by Crippen LogP contribution is -2.44. The lowest BCUT2D eigenvalue weighted by Gasteiger charge is -2.31. The van der Waals surface area contributed by atoms with Crippen molar-refractivity contribution < 1.29 is 8.42 Å². The van der Waals surface area contributed by atoms with Gasteiger partial charge >= 0.3 is 0 Å². The van der Waals surface area contributed by atoms with Gasteiger partial charge in [-0.3, -0.25) is 5.43 Å². The topological polar surface area (TPSA) is 113 Å². The van der Waals surface area contributed by atoms with Crippen LogP contribution in [0.5, 0.6) is 0 Å². The second-order valence-electron chi connectivity index (χ2n) is 5.12. The Morgan fingerprint density at radius 3 is 2.48 bits per heavy atom. The Morgan fingerprint density at radius 2 is 1.95 bits per heavy atom. The Morgan fingerprint density at radius 1 is 1.33 bits per heavy atom. The fourth-order valence-corrected chi connectivity index (χ4v) is 3.60. The number of likely N-dealkylation sites (tertiary alicyclic amines) is 1. The van der Waals surface area contributed by atoms with Crippen LogP contribution < -0.4 is 16.0 Å². The summed E-state index contributed by atoms with van der Waals surface area (Å²) in [6.45, 7) is 5.07. The molecule has 4 N–H and O–H groups in total. The van der Waals surface area contributed by atoms with Crippen LogP contribution in [-0.4, -0.2) is 49.0 Å². The van der Waals surface area contributed by atoms with Gasteiger partial charge in [0.1, 0.15) is 4.90 Å². The third kappa shape index (κ3) is 4.34. The fourth-order valence-electron chi connectivity index (χ4n) is 2.41. The molecule has 21 heavy (non-hydrogen) atoms. The summed E-state index contributed by atoms with van der Waals surface area (Å²) < 4.78 is 27.2. The quantitative estimate of drug-likeness (QED) is 0.497. The summed E-state index contributed by atoms with van der Waals surface area (Å²) >= 11 is 0. The van der Waals surface area contributed by atoms with Gasteiger partial charge < -0.3 is 4.90 Å². The normalized spacial score (nSPS) is 17.8. The first-order chi connectivity index (χ1) is 10.0. The van der Waals surface area contributed by atoms with Crippen molar-refractivity contribution in [2.24, 2.45) is 5.84 Å². The predicted molar refractivity (Wildman–Crippen MR) is 79.9 cm³/mol. The summed E-state index contributed by atoms with van der Waals surface area (Å²) in [6.07, 6.45) is 5.26. The van der Waals surface area contributed by atoms with Crippen molar-refractivity contribution >= 4 is 16.0 Å². The number of hydrazine groups is 1. The number of piperidine rings is 1. The molecule has 0 unspecified atom stereocenters. The summed E-state index contributed by atoms with van der Waals surface area (Å²) in [4.78, 5) is 10.0. The molecular formula is C12H22N6O2S. The molecular weight excluding hydrogens is 292 g/mol. The monoisotopic (exact) mass is 314 g/mol. The first-order valence-electron chi connectivity index (χ1n) is 7.08. The lowest BCUT2D eigenvalue weighted by atomic mass is 10.1. The zero-order valence-corrected chi connectivity index (χ0v) is 12.9. The molecule has 0 aliphatic carbocycles. The van der Waals surface area contributed by atoms with Gasteiger partial charge in [-0.05, 0) is 38.9 Å². The van der Waals surface area contributed by atoms with E-state index in [1.807, 2.05) is 0 Å². The Bertz CT molecular complexity index is 539. The summed E-state index contributed by atoms with van der Waals surface area (Å²) in [5.41, 5.74) is 2.26. The molecule has 2 rings (SSSR count). The third-order valence-electron chi connectivity index (χ3n) is 3.52. The highest BCUT2D eigenvalue weighted by molar-refractivity contribution is 7.89. The third-order valence-corrected chi connectivity index (χ3v) is 4.99. The van der Waals surface area contributed by atoms with Crippen molar-refractivity contribution in [1.29, 1.82) is 0 Å². The van der Waals surface area contributed by atoms with Gasteiger partial charge in [0.05, 0.1) is 12.4 Å². The number of nitrogens with zero attached hydrogens (tertiary/aromatic N) is 3. The van der Waals surface area contributed by atoms with Gasteiger partial charge in [-0.15, -0.1) is 0 Å². The minimum Gasteiger partial charge on any atom is -0.303 e. The van der Waals surface area contributed by atoms with Crippen molar-refractivity contribution in [2.75, 3.05) is 25.1 Å². The van der Waals surface area contributed by atoms with Crippen LogP contribution in [0, 0.1) is 0 Å². The number of rotatable bonds is 6. The minimum absolute atomic E-state index is 0.0320. The number of nitrogens with one attached hydrogen (secondary N) is 2. The smallest absolute Gasteiger partial charge is 0.243 e. The molecule has 8 nitrogen and oxygen atoms in total. The Hall–Kier alpha value is -1.29.